The molecule has 0 aliphatic carbocycles. The first-order valence-electron chi connectivity index (χ1n) is 5.91. The summed E-state index contributed by atoms with van der Waals surface area (Å²) in [7, 11) is -3.67. The van der Waals surface area contributed by atoms with Gasteiger partial charge in [0.05, 0.1) is 0 Å². The lowest BCUT2D eigenvalue weighted by Crippen LogP contribution is -2.49. The molecular weight excluding hydrogens is 304 g/mol. The molecule has 1 aromatic rings. The number of thiophene rings is 1. The van der Waals surface area contributed by atoms with E-state index in [0.29, 0.717) is 13.1 Å². The quantitative estimate of drug-likeness (QED) is 0.865. The van der Waals surface area contributed by atoms with E-state index in [-0.39, 0.29) is 28.1 Å². The Kier molecular flexibility index (Phi) is 4.11. The van der Waals surface area contributed by atoms with Crippen molar-refractivity contribution in [3.8, 4) is 0 Å². The van der Waals surface area contributed by atoms with Gasteiger partial charge in [-0.1, -0.05) is 0 Å². The van der Waals surface area contributed by atoms with Crippen molar-refractivity contribution in [2.45, 2.75) is 11.1 Å². The summed E-state index contributed by atoms with van der Waals surface area (Å²) in [6, 6.07) is 2.59. The number of sulfonamides is 1. The summed E-state index contributed by atoms with van der Waals surface area (Å²) in [4.78, 5) is 23.6. The minimum Gasteiger partial charge on any atom is -0.477 e. The molecule has 0 radical (unpaired) electrons. The van der Waals surface area contributed by atoms with Crippen LogP contribution in [0.15, 0.2) is 16.3 Å². The zero-order valence-electron chi connectivity index (χ0n) is 10.8. The van der Waals surface area contributed by atoms with Crippen LogP contribution in [0.2, 0.25) is 0 Å². The van der Waals surface area contributed by atoms with Gasteiger partial charge in [0.25, 0.3) is 10.0 Å². The lowest BCUT2D eigenvalue weighted by Gasteiger charge is -2.33. The van der Waals surface area contributed by atoms with Crippen LogP contribution < -0.4 is 0 Å². The number of piperazine rings is 1. The van der Waals surface area contributed by atoms with E-state index in [2.05, 4.69) is 0 Å². The predicted octanol–water partition coefficient (Wildman–Crippen LogP) is 0.299. The van der Waals surface area contributed by atoms with Gasteiger partial charge in [0.2, 0.25) is 5.91 Å². The van der Waals surface area contributed by atoms with Crippen LogP contribution >= 0.6 is 11.3 Å². The monoisotopic (exact) mass is 318 g/mol. The maximum atomic E-state index is 12.3. The number of rotatable bonds is 3. The third-order valence-corrected chi connectivity index (χ3v) is 6.51. The van der Waals surface area contributed by atoms with Crippen molar-refractivity contribution in [3.05, 3.63) is 17.0 Å². The van der Waals surface area contributed by atoms with Crippen LogP contribution in [0.4, 0.5) is 0 Å². The highest BCUT2D eigenvalue weighted by molar-refractivity contribution is 7.91. The summed E-state index contributed by atoms with van der Waals surface area (Å²) >= 11 is 0.739. The van der Waals surface area contributed by atoms with Gasteiger partial charge in [-0.05, 0) is 12.1 Å². The molecule has 110 valence electrons. The standard InChI is InChI=1S/C11H14N2O5S2/c1-8(14)12-4-6-13(7-5-12)20(17,18)10-3-2-9(19-10)11(15)16/h2-3H,4-7H2,1H3,(H,15,16). The molecule has 20 heavy (non-hydrogen) atoms. The second kappa shape index (κ2) is 5.51. The van der Waals surface area contributed by atoms with E-state index in [0.717, 1.165) is 11.3 Å². The third-order valence-electron chi connectivity index (χ3n) is 3.07. The Bertz CT molecular complexity index is 629. The molecule has 1 aliphatic heterocycles. The van der Waals surface area contributed by atoms with Crippen molar-refractivity contribution in [3.63, 3.8) is 0 Å². The topological polar surface area (TPSA) is 95.0 Å². The Morgan fingerprint density at radius 2 is 1.80 bits per heavy atom. The largest absolute Gasteiger partial charge is 0.477 e. The maximum Gasteiger partial charge on any atom is 0.345 e. The molecule has 1 amide bonds. The van der Waals surface area contributed by atoms with Crippen LogP contribution in [0, 0.1) is 0 Å². The lowest BCUT2D eigenvalue weighted by molar-refractivity contribution is -0.129. The highest BCUT2D eigenvalue weighted by Crippen LogP contribution is 2.25. The third kappa shape index (κ3) is 2.84. The first-order chi connectivity index (χ1) is 9.32. The number of carbonyl (C=O) groups is 2. The Balaban J connectivity index is 2.15. The fourth-order valence-electron chi connectivity index (χ4n) is 1.94. The molecule has 9 heteroatoms. The van der Waals surface area contributed by atoms with Crippen molar-refractivity contribution >= 4 is 33.2 Å². The van der Waals surface area contributed by atoms with Crippen LogP contribution in [0.3, 0.4) is 0 Å². The summed E-state index contributed by atoms with van der Waals surface area (Å²) in [6.07, 6.45) is 0. The zero-order chi connectivity index (χ0) is 14.9. The first kappa shape index (κ1) is 14.9. The molecule has 2 rings (SSSR count). The number of aromatic carboxylic acids is 1. The number of amides is 1. The van der Waals surface area contributed by atoms with Crippen LogP contribution in [0.5, 0.6) is 0 Å². The van der Waals surface area contributed by atoms with Crippen molar-refractivity contribution in [1.82, 2.24) is 9.21 Å². The van der Waals surface area contributed by atoms with Crippen molar-refractivity contribution in [1.29, 1.82) is 0 Å². The van der Waals surface area contributed by atoms with Crippen molar-refractivity contribution in [2.24, 2.45) is 0 Å². The summed E-state index contributed by atoms with van der Waals surface area (Å²) in [5.74, 6) is -1.22. The summed E-state index contributed by atoms with van der Waals surface area (Å²) in [5.41, 5.74) is 0. The Labute approximate surface area is 120 Å². The van der Waals surface area contributed by atoms with E-state index < -0.39 is 16.0 Å². The minimum atomic E-state index is -3.67. The molecule has 1 aliphatic rings. The molecule has 0 unspecified atom stereocenters. The van der Waals surface area contributed by atoms with Gasteiger partial charge < -0.3 is 10.0 Å². The van der Waals surface area contributed by atoms with Gasteiger partial charge in [-0.25, -0.2) is 13.2 Å². The normalized spacial score (nSPS) is 17.1. The van der Waals surface area contributed by atoms with E-state index in [4.69, 9.17) is 5.11 Å². The zero-order valence-corrected chi connectivity index (χ0v) is 12.4. The smallest absolute Gasteiger partial charge is 0.345 e. The molecule has 0 atom stereocenters. The van der Waals surface area contributed by atoms with Crippen LogP contribution in [-0.4, -0.2) is 60.8 Å². The number of carbonyl (C=O) groups excluding carboxylic acids is 1. The lowest BCUT2D eigenvalue weighted by atomic mass is 10.3. The van der Waals surface area contributed by atoms with Crippen LogP contribution in [0.1, 0.15) is 16.6 Å². The Hall–Kier alpha value is -1.45. The first-order valence-corrected chi connectivity index (χ1v) is 8.17. The maximum absolute atomic E-state index is 12.3. The number of carboxylic acid groups (broad SMARTS) is 1. The van der Waals surface area contributed by atoms with E-state index in [1.54, 1.807) is 4.90 Å². The second-order valence-electron chi connectivity index (χ2n) is 4.33. The average Bonchev–Trinajstić information content (AvgIpc) is 2.89. The molecule has 2 heterocycles. The van der Waals surface area contributed by atoms with E-state index >= 15 is 0 Å². The fourth-order valence-corrected chi connectivity index (χ4v) is 4.67. The highest BCUT2D eigenvalue weighted by atomic mass is 32.2. The van der Waals surface area contributed by atoms with Crippen molar-refractivity contribution < 1.29 is 23.1 Å². The summed E-state index contributed by atoms with van der Waals surface area (Å²) in [5, 5.41) is 8.83. The molecule has 7 nitrogen and oxygen atoms in total. The van der Waals surface area contributed by atoms with Gasteiger partial charge in [-0.3, -0.25) is 4.79 Å². The number of hydrogen-bond donors (Lipinski definition) is 1. The molecular formula is C11H14N2O5S2. The molecule has 0 bridgehead atoms. The van der Waals surface area contributed by atoms with Gasteiger partial charge >= 0.3 is 5.97 Å². The minimum absolute atomic E-state index is 0.00838. The van der Waals surface area contributed by atoms with Gasteiger partial charge in [0.1, 0.15) is 9.09 Å². The van der Waals surface area contributed by atoms with Crippen LogP contribution in [-0.2, 0) is 14.8 Å². The van der Waals surface area contributed by atoms with E-state index in [1.807, 2.05) is 0 Å². The molecule has 0 saturated carbocycles. The SMILES string of the molecule is CC(=O)N1CCN(S(=O)(=O)c2ccc(C(=O)O)s2)CC1. The van der Waals surface area contributed by atoms with Gasteiger partial charge in [0.15, 0.2) is 0 Å². The average molecular weight is 318 g/mol. The summed E-state index contributed by atoms with van der Waals surface area (Å²) in [6.45, 7) is 2.60. The van der Waals surface area contributed by atoms with Crippen LogP contribution in [0.25, 0.3) is 0 Å². The van der Waals surface area contributed by atoms with Crippen molar-refractivity contribution in [2.75, 3.05) is 26.2 Å². The number of carboxylic acids is 1. The second-order valence-corrected chi connectivity index (χ2v) is 7.58. The predicted molar refractivity (Wildman–Crippen MR) is 72.3 cm³/mol. The molecule has 0 aromatic carbocycles. The highest BCUT2D eigenvalue weighted by Gasteiger charge is 2.30. The fraction of sp³-hybridized carbons (Fsp3) is 0.455. The van der Waals surface area contributed by atoms with Gasteiger partial charge in [0, 0.05) is 33.1 Å². The van der Waals surface area contributed by atoms with Gasteiger partial charge in [-0.15, -0.1) is 11.3 Å². The van der Waals surface area contributed by atoms with Gasteiger partial charge in [-0.2, -0.15) is 4.31 Å². The number of hydrogen-bond acceptors (Lipinski definition) is 5. The molecule has 1 N–H and O–H groups in total. The van der Waals surface area contributed by atoms with E-state index in [1.165, 1.54) is 23.4 Å². The van der Waals surface area contributed by atoms with E-state index in [9.17, 15) is 18.0 Å². The molecule has 0 spiro atoms. The Morgan fingerprint density at radius 1 is 1.20 bits per heavy atom. The summed E-state index contributed by atoms with van der Waals surface area (Å²) < 4.78 is 26.0. The Morgan fingerprint density at radius 3 is 2.25 bits per heavy atom. The molecule has 1 saturated heterocycles. The number of nitrogens with zero attached hydrogens (tertiary/aromatic N) is 2. The molecule has 1 aromatic heterocycles. The molecule has 1 fully saturated rings.